The zero-order chi connectivity index (χ0) is 45.3. The third kappa shape index (κ3) is 13.6. The van der Waals surface area contributed by atoms with Crippen LogP contribution in [-0.2, 0) is 24.6 Å². The van der Waals surface area contributed by atoms with Crippen molar-refractivity contribution in [1.82, 2.24) is 14.9 Å². The first-order chi connectivity index (χ1) is 29.9. The van der Waals surface area contributed by atoms with Gasteiger partial charge < -0.3 is 20.7 Å². The highest BCUT2D eigenvalue weighted by Gasteiger charge is 2.46. The number of ether oxygens (including phenoxy) is 1. The van der Waals surface area contributed by atoms with Gasteiger partial charge in [-0.1, -0.05) is 61.4 Å². The van der Waals surface area contributed by atoms with Gasteiger partial charge in [0.2, 0.25) is 0 Å². The number of rotatable bonds is 20. The normalized spacial score (nSPS) is 16.7. The molecule has 0 unspecified atom stereocenters. The maximum atomic E-state index is 14.6. The van der Waals surface area contributed by atoms with Gasteiger partial charge >= 0.3 is 4.71 Å². The quantitative estimate of drug-likeness (QED) is 0.0383. The molecule has 1 aliphatic carbocycles. The van der Waals surface area contributed by atoms with Crippen molar-refractivity contribution in [2.24, 2.45) is 5.41 Å². The first-order valence-electron chi connectivity index (χ1n) is 20.7. The molecule has 1 amide bonds. The molecule has 1 saturated heterocycles. The molecule has 11 nitrogen and oxygen atoms in total. The Labute approximate surface area is 383 Å². The Morgan fingerprint density at radius 1 is 0.937 bits per heavy atom. The predicted molar refractivity (Wildman–Crippen MR) is 249 cm³/mol. The number of halogens is 4. The van der Waals surface area contributed by atoms with E-state index in [1.54, 1.807) is 12.1 Å². The number of hydrogen-bond donors (Lipinski definition) is 4. The number of hydrogen-bond acceptors (Lipinski definition) is 11. The summed E-state index contributed by atoms with van der Waals surface area (Å²) in [6, 6.07) is 25.9. The smallest absolute Gasteiger partial charge is 0.384 e. The van der Waals surface area contributed by atoms with E-state index in [1.807, 2.05) is 47.2 Å². The number of allylic oxidation sites excluding steroid dienone is 1. The van der Waals surface area contributed by atoms with Crippen LogP contribution in [0.1, 0.15) is 55.5 Å². The molecule has 2 aliphatic rings. The minimum absolute atomic E-state index is 0.00118. The lowest BCUT2D eigenvalue weighted by Gasteiger charge is -2.34. The van der Waals surface area contributed by atoms with Crippen LogP contribution in [0.15, 0.2) is 117 Å². The summed E-state index contributed by atoms with van der Waals surface area (Å²) in [6.45, 7) is 9.71. The van der Waals surface area contributed by atoms with Gasteiger partial charge in [-0.25, -0.2) is 21.6 Å². The van der Waals surface area contributed by atoms with Crippen molar-refractivity contribution in [3.05, 3.63) is 119 Å². The topological polar surface area (TPSA) is 146 Å². The Kier molecular flexibility index (Phi) is 16.6. The molecule has 4 aromatic rings. The van der Waals surface area contributed by atoms with Crippen LogP contribution >= 0.6 is 35.0 Å². The number of amides is 1. The summed E-state index contributed by atoms with van der Waals surface area (Å²) in [5, 5.41) is 10.6. The van der Waals surface area contributed by atoms with Gasteiger partial charge in [0.05, 0.1) is 28.7 Å². The van der Waals surface area contributed by atoms with Crippen molar-refractivity contribution in [2.75, 3.05) is 68.9 Å². The number of thioether (sulfide) groups is 1. The van der Waals surface area contributed by atoms with Gasteiger partial charge in [0.15, 0.2) is 0 Å². The molecule has 1 atom stereocenters. The van der Waals surface area contributed by atoms with Gasteiger partial charge in [0.1, 0.15) is 0 Å². The fourth-order valence-electron chi connectivity index (χ4n) is 7.53. The van der Waals surface area contributed by atoms with Crippen molar-refractivity contribution in [3.63, 3.8) is 0 Å². The molecular weight excluding hydrogens is 912 g/mol. The van der Waals surface area contributed by atoms with E-state index in [9.17, 15) is 30.4 Å². The van der Waals surface area contributed by atoms with Gasteiger partial charge in [-0.2, -0.15) is 8.78 Å². The first-order valence-corrected chi connectivity index (χ1v) is 25.4. The maximum Gasteiger partial charge on any atom is 0.427 e. The molecule has 4 N–H and O–H groups in total. The molecule has 6 rings (SSSR count). The molecule has 63 heavy (non-hydrogen) atoms. The van der Waals surface area contributed by atoms with Crippen molar-refractivity contribution in [3.8, 4) is 0 Å². The van der Waals surface area contributed by atoms with Crippen LogP contribution in [0.4, 0.5) is 20.2 Å². The predicted octanol–water partition coefficient (Wildman–Crippen LogP) is 8.98. The third-order valence-corrected chi connectivity index (χ3v) is 15.9. The number of anilines is 2. The summed E-state index contributed by atoms with van der Waals surface area (Å²) in [5.41, 5.74) is 4.57. The van der Waals surface area contributed by atoms with Crippen LogP contribution in [0.2, 0.25) is 5.02 Å². The molecule has 0 saturated carbocycles. The third-order valence-electron chi connectivity index (χ3n) is 11.0. The monoisotopic (exact) mass is 963 g/mol. The number of nitrogens with zero attached hydrogens (tertiary/aromatic N) is 1. The second-order valence-electron chi connectivity index (χ2n) is 16.4. The highest BCUT2D eigenvalue weighted by molar-refractivity contribution is 7.99. The molecule has 1 heterocycles. The standard InChI is InChI=1S/C45H53Cl2F2N5O6S3/c1-44(2)20-18-40(32-8-12-35(46)13-9-32)34(29-44)30-50-21-22-51-36-14-10-33(11-15-36)43(55)53-63(58,59)39-16-17-41(42(28-39)62(56,57)45(47,48)49)52-37(19-23-54-24-26-60-27-25-54)31-61-38-6-4-3-5-7-38/h3-17,28,37,50-52H,18-27,29-31H2,1-2H3,(H,53,55)/t37-/m1/s1. The molecule has 0 bridgehead atoms. The Morgan fingerprint density at radius 2 is 1.63 bits per heavy atom. The van der Waals surface area contributed by atoms with Crippen molar-refractivity contribution in [1.29, 1.82) is 0 Å². The number of benzene rings is 4. The summed E-state index contributed by atoms with van der Waals surface area (Å²) in [4.78, 5) is 14.6. The molecule has 0 spiro atoms. The molecule has 1 aliphatic heterocycles. The summed E-state index contributed by atoms with van der Waals surface area (Å²) >= 11 is 12.8. The van der Waals surface area contributed by atoms with E-state index in [0.717, 1.165) is 42.8 Å². The fourth-order valence-corrected chi connectivity index (χ4v) is 10.9. The highest BCUT2D eigenvalue weighted by atomic mass is 35.5. The van der Waals surface area contributed by atoms with E-state index >= 15 is 0 Å². The van der Waals surface area contributed by atoms with Gasteiger partial charge in [-0.15, -0.1) is 11.8 Å². The molecule has 4 aromatic carbocycles. The average molecular weight is 965 g/mol. The Morgan fingerprint density at radius 3 is 2.32 bits per heavy atom. The number of carbonyl (C=O) groups is 1. The molecule has 1 fully saturated rings. The molecule has 0 radical (unpaired) electrons. The summed E-state index contributed by atoms with van der Waals surface area (Å²) in [7, 11) is -10.4. The number of morpholine rings is 1. The van der Waals surface area contributed by atoms with Crippen molar-refractivity contribution < 1.29 is 35.1 Å². The van der Waals surface area contributed by atoms with E-state index in [2.05, 4.69) is 46.8 Å². The number of carbonyl (C=O) groups excluding carboxylic acids is 1. The van der Waals surface area contributed by atoms with Crippen LogP contribution < -0.4 is 20.7 Å². The van der Waals surface area contributed by atoms with E-state index in [1.165, 1.54) is 40.6 Å². The highest BCUT2D eigenvalue weighted by Crippen LogP contribution is 2.42. The van der Waals surface area contributed by atoms with Crippen molar-refractivity contribution >= 4 is 77.7 Å². The maximum absolute atomic E-state index is 14.6. The zero-order valence-electron chi connectivity index (χ0n) is 35.1. The number of alkyl halides is 3. The lowest BCUT2D eigenvalue weighted by Crippen LogP contribution is -2.39. The molecule has 340 valence electrons. The summed E-state index contributed by atoms with van der Waals surface area (Å²) < 4.78 is 85.2. The lowest BCUT2D eigenvalue weighted by molar-refractivity contribution is 0.0370. The van der Waals surface area contributed by atoms with Crippen LogP contribution in [0.3, 0.4) is 0 Å². The van der Waals surface area contributed by atoms with Crippen LogP contribution in [0.25, 0.3) is 5.57 Å². The number of nitrogens with one attached hydrogen (secondary N) is 4. The van der Waals surface area contributed by atoms with Crippen LogP contribution in [0.5, 0.6) is 0 Å². The first kappa shape index (κ1) is 48.7. The second kappa shape index (κ2) is 21.5. The van der Waals surface area contributed by atoms with Gasteiger partial charge in [-0.05, 0) is 121 Å². The lowest BCUT2D eigenvalue weighted by atomic mass is 9.73. The Bertz CT molecular complexity index is 2430. The zero-order valence-corrected chi connectivity index (χ0v) is 39.1. The minimum atomic E-state index is -5.62. The van der Waals surface area contributed by atoms with E-state index in [4.69, 9.17) is 27.9 Å². The second-order valence-corrected chi connectivity index (χ2v) is 22.2. The van der Waals surface area contributed by atoms with Crippen LogP contribution in [-0.4, -0.2) is 96.6 Å². The van der Waals surface area contributed by atoms with Crippen molar-refractivity contribution in [2.45, 2.75) is 65.0 Å². The van der Waals surface area contributed by atoms with E-state index < -0.39 is 46.3 Å². The van der Waals surface area contributed by atoms with Gasteiger partial charge in [-0.3, -0.25) is 9.69 Å². The van der Waals surface area contributed by atoms with Gasteiger partial charge in [0.25, 0.3) is 25.8 Å². The van der Waals surface area contributed by atoms with Gasteiger partial charge in [0, 0.05) is 72.2 Å². The van der Waals surface area contributed by atoms with Crippen LogP contribution in [0, 0.1) is 5.41 Å². The Balaban J connectivity index is 1.09. The number of sulfonamides is 1. The summed E-state index contributed by atoms with van der Waals surface area (Å²) in [6.07, 6.45) is 3.59. The molecule has 0 aromatic heterocycles. The van der Waals surface area contributed by atoms with E-state index in [0.29, 0.717) is 74.9 Å². The molecule has 18 heteroatoms. The fraction of sp³-hybridized carbons (Fsp3) is 0.400. The minimum Gasteiger partial charge on any atom is -0.384 e. The number of sulfone groups is 1. The largest absolute Gasteiger partial charge is 0.427 e. The summed E-state index contributed by atoms with van der Waals surface area (Å²) in [5.74, 6) is -0.574. The Hall–Kier alpha value is -3.74. The average Bonchev–Trinajstić information content (AvgIpc) is 3.25. The van der Waals surface area contributed by atoms with E-state index in [-0.39, 0.29) is 16.7 Å². The molecular formula is C45H53Cl2F2N5O6S3. The SMILES string of the molecule is CC1(C)CCC(c2ccc(Cl)cc2)=C(CNCCNc2ccc(C(=O)NS(=O)(=O)c3ccc(N[C@H](CCN4CCOCC4)CSc4ccccc4)c(S(=O)(=O)C(F)(F)Cl)c3)cc2)C1.